The first-order valence-corrected chi connectivity index (χ1v) is 8.51. The Morgan fingerprint density at radius 2 is 1.67 bits per heavy atom. The average molecular weight is 305 g/mol. The van der Waals surface area contributed by atoms with Gasteiger partial charge in [0.25, 0.3) is 0 Å². The zero-order valence-electron chi connectivity index (χ0n) is 12.0. The molecule has 21 heavy (non-hydrogen) atoms. The molecule has 112 valence electrons. The average Bonchev–Trinajstić information content (AvgIpc) is 2.48. The summed E-state index contributed by atoms with van der Waals surface area (Å²) in [6, 6.07) is 16.5. The highest BCUT2D eigenvalue weighted by Gasteiger charge is 2.10. The quantitative estimate of drug-likeness (QED) is 0.855. The van der Waals surface area contributed by atoms with Gasteiger partial charge >= 0.3 is 0 Å². The molecule has 0 radical (unpaired) electrons. The van der Waals surface area contributed by atoms with Gasteiger partial charge in [0.05, 0.1) is 12.4 Å². The van der Waals surface area contributed by atoms with Gasteiger partial charge in [0.2, 0.25) is 10.0 Å². The lowest BCUT2D eigenvalue weighted by atomic mass is 10.2. The third-order valence-corrected chi connectivity index (χ3v) is 4.23. The smallest absolute Gasteiger partial charge is 0.233 e. The van der Waals surface area contributed by atoms with Crippen LogP contribution in [-0.2, 0) is 16.4 Å². The molecule has 0 aliphatic rings. The van der Waals surface area contributed by atoms with Crippen molar-refractivity contribution < 1.29 is 13.2 Å². The first-order valence-electron chi connectivity index (χ1n) is 6.86. The first-order chi connectivity index (χ1) is 10.1. The Morgan fingerprint density at radius 1 is 1.00 bits per heavy atom. The van der Waals surface area contributed by atoms with Crippen LogP contribution in [0.5, 0.6) is 5.75 Å². The van der Waals surface area contributed by atoms with Crippen molar-refractivity contribution in [1.29, 1.82) is 0 Å². The van der Waals surface area contributed by atoms with Gasteiger partial charge in [-0.1, -0.05) is 30.3 Å². The molecule has 0 amide bonds. The second kappa shape index (κ2) is 7.13. The molecular weight excluding hydrogens is 286 g/mol. The Hall–Kier alpha value is -2.01. The third-order valence-electron chi connectivity index (χ3n) is 2.94. The molecule has 0 saturated heterocycles. The minimum atomic E-state index is -3.35. The van der Waals surface area contributed by atoms with E-state index in [0.29, 0.717) is 18.7 Å². The SMILES string of the molecule is CCOc1ccc(NS(=O)(=O)CCc2ccccc2)cc1. The topological polar surface area (TPSA) is 55.4 Å². The summed E-state index contributed by atoms with van der Waals surface area (Å²) in [4.78, 5) is 0. The van der Waals surface area contributed by atoms with Gasteiger partial charge in [-0.2, -0.15) is 0 Å². The molecule has 5 heteroatoms. The van der Waals surface area contributed by atoms with Crippen LogP contribution in [-0.4, -0.2) is 20.8 Å². The fourth-order valence-corrected chi connectivity index (χ4v) is 3.02. The summed E-state index contributed by atoms with van der Waals surface area (Å²) < 4.78 is 32.0. The summed E-state index contributed by atoms with van der Waals surface area (Å²) in [5.41, 5.74) is 1.56. The molecule has 4 nitrogen and oxygen atoms in total. The van der Waals surface area contributed by atoms with Gasteiger partial charge in [-0.25, -0.2) is 8.42 Å². The van der Waals surface area contributed by atoms with Crippen LogP contribution in [0.15, 0.2) is 54.6 Å². The van der Waals surface area contributed by atoms with Crippen LogP contribution in [0.2, 0.25) is 0 Å². The normalized spacial score (nSPS) is 11.1. The van der Waals surface area contributed by atoms with Gasteiger partial charge in [0.1, 0.15) is 5.75 Å². The number of aryl methyl sites for hydroxylation is 1. The zero-order valence-corrected chi connectivity index (χ0v) is 12.8. The van der Waals surface area contributed by atoms with E-state index in [2.05, 4.69) is 4.72 Å². The van der Waals surface area contributed by atoms with E-state index in [9.17, 15) is 8.42 Å². The van der Waals surface area contributed by atoms with Gasteiger partial charge in [-0.15, -0.1) is 0 Å². The van der Waals surface area contributed by atoms with E-state index in [-0.39, 0.29) is 5.75 Å². The molecular formula is C16H19NO3S. The van der Waals surface area contributed by atoms with E-state index in [1.165, 1.54) is 0 Å². The minimum absolute atomic E-state index is 0.0597. The van der Waals surface area contributed by atoms with E-state index in [0.717, 1.165) is 11.3 Å². The largest absolute Gasteiger partial charge is 0.494 e. The Kier molecular flexibility index (Phi) is 5.22. The lowest BCUT2D eigenvalue weighted by molar-refractivity contribution is 0.340. The number of ether oxygens (including phenoxy) is 1. The summed E-state index contributed by atoms with van der Waals surface area (Å²) in [7, 11) is -3.35. The van der Waals surface area contributed by atoms with Crippen LogP contribution >= 0.6 is 0 Å². The maximum atomic E-state index is 12.0. The summed E-state index contributed by atoms with van der Waals surface area (Å²) in [5, 5.41) is 0. The summed E-state index contributed by atoms with van der Waals surface area (Å²) in [6.45, 7) is 2.49. The Bertz CT molecular complexity index is 652. The highest BCUT2D eigenvalue weighted by Crippen LogP contribution is 2.17. The number of rotatable bonds is 7. The number of nitrogens with one attached hydrogen (secondary N) is 1. The minimum Gasteiger partial charge on any atom is -0.494 e. The van der Waals surface area contributed by atoms with Crippen molar-refractivity contribution in [2.45, 2.75) is 13.3 Å². The summed E-state index contributed by atoms with van der Waals surface area (Å²) in [6.07, 6.45) is 0.493. The summed E-state index contributed by atoms with van der Waals surface area (Å²) in [5.74, 6) is 0.786. The van der Waals surface area contributed by atoms with Gasteiger partial charge in [-0.05, 0) is 43.2 Å². The molecule has 0 fully saturated rings. The number of hydrogen-bond donors (Lipinski definition) is 1. The van der Waals surface area contributed by atoms with Crippen molar-refractivity contribution in [3.05, 3.63) is 60.2 Å². The molecule has 1 N–H and O–H groups in total. The van der Waals surface area contributed by atoms with E-state index in [1.807, 2.05) is 37.3 Å². The van der Waals surface area contributed by atoms with Gasteiger partial charge in [0.15, 0.2) is 0 Å². The van der Waals surface area contributed by atoms with Crippen LogP contribution in [0.25, 0.3) is 0 Å². The second-order valence-electron chi connectivity index (χ2n) is 4.61. The maximum absolute atomic E-state index is 12.0. The highest BCUT2D eigenvalue weighted by atomic mass is 32.2. The molecule has 2 rings (SSSR count). The van der Waals surface area contributed by atoms with Crippen molar-refractivity contribution in [3.8, 4) is 5.75 Å². The van der Waals surface area contributed by atoms with Crippen molar-refractivity contribution in [1.82, 2.24) is 0 Å². The monoisotopic (exact) mass is 305 g/mol. The van der Waals surface area contributed by atoms with Crippen LogP contribution in [0.1, 0.15) is 12.5 Å². The zero-order chi connectivity index (χ0) is 15.1. The van der Waals surface area contributed by atoms with E-state index >= 15 is 0 Å². The predicted octanol–water partition coefficient (Wildman–Crippen LogP) is 3.07. The highest BCUT2D eigenvalue weighted by molar-refractivity contribution is 7.92. The maximum Gasteiger partial charge on any atom is 0.233 e. The molecule has 0 aromatic heterocycles. The Labute approximate surface area is 125 Å². The number of benzene rings is 2. The molecule has 2 aromatic carbocycles. The molecule has 0 spiro atoms. The van der Waals surface area contributed by atoms with Gasteiger partial charge in [0, 0.05) is 5.69 Å². The number of sulfonamides is 1. The molecule has 0 heterocycles. The molecule has 0 saturated carbocycles. The second-order valence-corrected chi connectivity index (χ2v) is 6.46. The van der Waals surface area contributed by atoms with Crippen molar-refractivity contribution in [2.24, 2.45) is 0 Å². The molecule has 0 aliphatic carbocycles. The fraction of sp³-hybridized carbons (Fsp3) is 0.250. The molecule has 0 aliphatic heterocycles. The molecule has 0 atom stereocenters. The fourth-order valence-electron chi connectivity index (χ4n) is 1.91. The lowest BCUT2D eigenvalue weighted by Crippen LogP contribution is -2.18. The van der Waals surface area contributed by atoms with Crippen LogP contribution < -0.4 is 9.46 Å². The van der Waals surface area contributed by atoms with Crippen LogP contribution in [0, 0.1) is 0 Å². The van der Waals surface area contributed by atoms with Crippen molar-refractivity contribution in [2.75, 3.05) is 17.1 Å². The predicted molar refractivity (Wildman–Crippen MR) is 85.2 cm³/mol. The van der Waals surface area contributed by atoms with Crippen LogP contribution in [0.4, 0.5) is 5.69 Å². The molecule has 0 bridgehead atoms. The van der Waals surface area contributed by atoms with Gasteiger partial charge in [-0.3, -0.25) is 4.72 Å². The standard InChI is InChI=1S/C16H19NO3S/c1-2-20-16-10-8-15(9-11-16)17-21(18,19)13-12-14-6-4-3-5-7-14/h3-11,17H,2,12-13H2,1H3. The Morgan fingerprint density at radius 3 is 2.29 bits per heavy atom. The van der Waals surface area contributed by atoms with E-state index < -0.39 is 10.0 Å². The van der Waals surface area contributed by atoms with Crippen molar-refractivity contribution >= 4 is 15.7 Å². The van der Waals surface area contributed by atoms with Crippen LogP contribution in [0.3, 0.4) is 0 Å². The van der Waals surface area contributed by atoms with E-state index in [4.69, 9.17) is 4.74 Å². The number of anilines is 1. The Balaban J connectivity index is 1.94. The third kappa shape index (κ3) is 5.11. The molecule has 0 unspecified atom stereocenters. The summed E-state index contributed by atoms with van der Waals surface area (Å²) >= 11 is 0. The van der Waals surface area contributed by atoms with E-state index in [1.54, 1.807) is 24.3 Å². The van der Waals surface area contributed by atoms with Gasteiger partial charge < -0.3 is 4.74 Å². The lowest BCUT2D eigenvalue weighted by Gasteiger charge is -2.09. The number of hydrogen-bond acceptors (Lipinski definition) is 3. The van der Waals surface area contributed by atoms with Crippen molar-refractivity contribution in [3.63, 3.8) is 0 Å². The molecule has 2 aromatic rings. The first kappa shape index (κ1) is 15.4.